The summed E-state index contributed by atoms with van der Waals surface area (Å²) in [6.07, 6.45) is 0. The molecule has 0 unspecified atom stereocenters. The molecule has 0 aliphatic heterocycles. The fraction of sp³-hybridized carbons (Fsp3) is 0.250. The van der Waals surface area contributed by atoms with Crippen LogP contribution in [-0.4, -0.2) is 35.5 Å². The first-order chi connectivity index (χ1) is 10.6. The van der Waals surface area contributed by atoms with Crippen LogP contribution in [0.2, 0.25) is 0 Å². The molecule has 2 aromatic rings. The molecule has 0 radical (unpaired) electrons. The molecule has 10 heteroatoms. The van der Waals surface area contributed by atoms with Gasteiger partial charge in [-0.3, -0.25) is 4.79 Å². The van der Waals surface area contributed by atoms with E-state index in [1.807, 2.05) is 0 Å². The fourth-order valence-electron chi connectivity index (χ4n) is 1.45. The van der Waals surface area contributed by atoms with Crippen molar-refractivity contribution >= 4 is 39.8 Å². The number of carbonyl (C=O) groups is 1. The number of ether oxygens (including phenoxy) is 1. The highest BCUT2D eigenvalue weighted by atomic mass is 32.2. The standard InChI is InChI=1S/C12H12F2N4O2S2/c1-15-11-17-18-12(22-11)21-6-9(19)16-7-4-2-3-5-8(7)20-10(13)14/h2-5,10H,6H2,1H3,(H,15,17)(H,16,19). The van der Waals surface area contributed by atoms with Gasteiger partial charge in [-0.2, -0.15) is 8.78 Å². The first kappa shape index (κ1) is 16.4. The van der Waals surface area contributed by atoms with E-state index in [1.165, 1.54) is 35.2 Å². The van der Waals surface area contributed by atoms with Gasteiger partial charge in [-0.1, -0.05) is 35.2 Å². The van der Waals surface area contributed by atoms with Crippen molar-refractivity contribution in [3.8, 4) is 5.75 Å². The van der Waals surface area contributed by atoms with Crippen LogP contribution in [0.1, 0.15) is 0 Å². The molecule has 0 bridgehead atoms. The highest BCUT2D eigenvalue weighted by Crippen LogP contribution is 2.27. The lowest BCUT2D eigenvalue weighted by molar-refractivity contribution is -0.113. The minimum Gasteiger partial charge on any atom is -0.433 e. The van der Waals surface area contributed by atoms with E-state index in [1.54, 1.807) is 19.2 Å². The van der Waals surface area contributed by atoms with Gasteiger partial charge in [0.2, 0.25) is 11.0 Å². The van der Waals surface area contributed by atoms with Crippen LogP contribution in [-0.2, 0) is 4.79 Å². The van der Waals surface area contributed by atoms with Gasteiger partial charge >= 0.3 is 6.61 Å². The van der Waals surface area contributed by atoms with Crippen LogP contribution in [0.3, 0.4) is 0 Å². The monoisotopic (exact) mass is 346 g/mol. The third kappa shape index (κ3) is 4.81. The Balaban J connectivity index is 1.91. The summed E-state index contributed by atoms with van der Waals surface area (Å²) in [5.74, 6) is -0.345. The SMILES string of the molecule is CNc1nnc(SCC(=O)Nc2ccccc2OC(F)F)s1. The zero-order chi connectivity index (χ0) is 15.9. The molecule has 118 valence electrons. The van der Waals surface area contributed by atoms with Gasteiger partial charge in [0, 0.05) is 7.05 Å². The molecule has 0 saturated heterocycles. The number of amides is 1. The van der Waals surface area contributed by atoms with Gasteiger partial charge < -0.3 is 15.4 Å². The van der Waals surface area contributed by atoms with Crippen LogP contribution in [0.15, 0.2) is 28.6 Å². The summed E-state index contributed by atoms with van der Waals surface area (Å²) < 4.78 is 29.5. The summed E-state index contributed by atoms with van der Waals surface area (Å²) in [6, 6.07) is 6.01. The highest BCUT2D eigenvalue weighted by Gasteiger charge is 2.12. The summed E-state index contributed by atoms with van der Waals surface area (Å²) in [4.78, 5) is 11.9. The maximum absolute atomic E-state index is 12.3. The van der Waals surface area contributed by atoms with E-state index in [9.17, 15) is 13.6 Å². The molecule has 2 rings (SSSR count). The van der Waals surface area contributed by atoms with Crippen molar-refractivity contribution in [3.05, 3.63) is 24.3 Å². The highest BCUT2D eigenvalue weighted by molar-refractivity contribution is 8.01. The van der Waals surface area contributed by atoms with Crippen LogP contribution in [0.25, 0.3) is 0 Å². The van der Waals surface area contributed by atoms with Gasteiger partial charge in [0.1, 0.15) is 5.75 Å². The molecular formula is C12H12F2N4O2S2. The smallest absolute Gasteiger partial charge is 0.387 e. The van der Waals surface area contributed by atoms with Crippen LogP contribution in [0.5, 0.6) is 5.75 Å². The Bertz CT molecular complexity index is 639. The van der Waals surface area contributed by atoms with E-state index in [-0.39, 0.29) is 23.1 Å². The lowest BCUT2D eigenvalue weighted by Crippen LogP contribution is -2.15. The Hall–Kier alpha value is -1.94. The minimum absolute atomic E-state index is 0.0794. The van der Waals surface area contributed by atoms with E-state index in [0.717, 1.165) is 0 Å². The number of halogens is 2. The van der Waals surface area contributed by atoms with E-state index in [4.69, 9.17) is 0 Å². The molecule has 0 aliphatic carbocycles. The molecule has 0 saturated carbocycles. The molecule has 1 amide bonds. The molecule has 0 spiro atoms. The first-order valence-corrected chi connectivity index (χ1v) is 7.86. The van der Waals surface area contributed by atoms with E-state index >= 15 is 0 Å². The van der Waals surface area contributed by atoms with Crippen molar-refractivity contribution in [2.45, 2.75) is 11.0 Å². The van der Waals surface area contributed by atoms with Crippen LogP contribution in [0, 0.1) is 0 Å². The number of hydrogen-bond acceptors (Lipinski definition) is 7. The van der Waals surface area contributed by atoms with Crippen molar-refractivity contribution in [2.75, 3.05) is 23.4 Å². The zero-order valence-corrected chi connectivity index (χ0v) is 13.0. The third-order valence-corrected chi connectivity index (χ3v) is 4.40. The predicted octanol–water partition coefficient (Wildman–Crippen LogP) is 2.91. The summed E-state index contributed by atoms with van der Waals surface area (Å²) >= 11 is 2.53. The number of hydrogen-bond donors (Lipinski definition) is 2. The number of carbonyl (C=O) groups excluding carboxylic acids is 1. The molecule has 2 N–H and O–H groups in total. The average Bonchev–Trinajstić information content (AvgIpc) is 2.95. The minimum atomic E-state index is -2.95. The third-order valence-electron chi connectivity index (χ3n) is 2.32. The summed E-state index contributed by atoms with van der Waals surface area (Å²) in [5.41, 5.74) is 0.196. The van der Waals surface area contributed by atoms with Gasteiger partial charge in [-0.05, 0) is 12.1 Å². The van der Waals surface area contributed by atoms with Gasteiger partial charge in [-0.15, -0.1) is 10.2 Å². The number of alkyl halides is 2. The van der Waals surface area contributed by atoms with Gasteiger partial charge in [0.25, 0.3) is 0 Å². The molecule has 6 nitrogen and oxygen atoms in total. The number of rotatable bonds is 7. The molecule has 22 heavy (non-hydrogen) atoms. The molecule has 0 fully saturated rings. The maximum atomic E-state index is 12.3. The molecular weight excluding hydrogens is 334 g/mol. The second kappa shape index (κ2) is 7.90. The Morgan fingerprint density at radius 2 is 2.18 bits per heavy atom. The largest absolute Gasteiger partial charge is 0.433 e. The quantitative estimate of drug-likeness (QED) is 0.751. The Kier molecular flexibility index (Phi) is 5.90. The number of benzene rings is 1. The molecule has 0 atom stereocenters. The molecule has 0 aliphatic rings. The van der Waals surface area contributed by atoms with E-state index < -0.39 is 6.61 Å². The normalized spacial score (nSPS) is 10.5. The summed E-state index contributed by atoms with van der Waals surface area (Å²) in [5, 5.41) is 13.8. The second-order valence-corrected chi connectivity index (χ2v) is 6.03. The Labute approximate surface area is 133 Å². The van der Waals surface area contributed by atoms with Gasteiger partial charge in [-0.25, -0.2) is 0 Å². The van der Waals surface area contributed by atoms with Crippen LogP contribution < -0.4 is 15.4 Å². The molecule has 1 aromatic carbocycles. The van der Waals surface area contributed by atoms with Crippen molar-refractivity contribution in [2.24, 2.45) is 0 Å². The van der Waals surface area contributed by atoms with Crippen molar-refractivity contribution in [1.82, 2.24) is 10.2 Å². The predicted molar refractivity (Wildman–Crippen MR) is 81.9 cm³/mol. The molecule has 1 aromatic heterocycles. The van der Waals surface area contributed by atoms with Crippen molar-refractivity contribution < 1.29 is 18.3 Å². The van der Waals surface area contributed by atoms with E-state index in [0.29, 0.717) is 9.47 Å². The Morgan fingerprint density at radius 1 is 1.41 bits per heavy atom. The van der Waals surface area contributed by atoms with E-state index in [2.05, 4.69) is 25.6 Å². The summed E-state index contributed by atoms with van der Waals surface area (Å²) in [6.45, 7) is -2.95. The second-order valence-electron chi connectivity index (χ2n) is 3.83. The van der Waals surface area contributed by atoms with Gasteiger partial charge in [0.15, 0.2) is 4.34 Å². The number of nitrogens with one attached hydrogen (secondary N) is 2. The first-order valence-electron chi connectivity index (χ1n) is 6.06. The lowest BCUT2D eigenvalue weighted by Gasteiger charge is -2.11. The molecule has 1 heterocycles. The van der Waals surface area contributed by atoms with Crippen LogP contribution in [0.4, 0.5) is 19.6 Å². The fourth-order valence-corrected chi connectivity index (χ4v) is 2.96. The van der Waals surface area contributed by atoms with Crippen LogP contribution >= 0.6 is 23.1 Å². The number of anilines is 2. The number of nitrogens with zero attached hydrogens (tertiary/aromatic N) is 2. The summed E-state index contributed by atoms with van der Waals surface area (Å²) in [7, 11) is 1.72. The lowest BCUT2D eigenvalue weighted by atomic mass is 10.3. The Morgan fingerprint density at radius 3 is 2.86 bits per heavy atom. The average molecular weight is 346 g/mol. The maximum Gasteiger partial charge on any atom is 0.387 e. The topological polar surface area (TPSA) is 76.1 Å². The number of para-hydroxylation sites is 2. The van der Waals surface area contributed by atoms with Crippen molar-refractivity contribution in [3.63, 3.8) is 0 Å². The number of thioether (sulfide) groups is 1. The number of aromatic nitrogens is 2. The van der Waals surface area contributed by atoms with Gasteiger partial charge in [0.05, 0.1) is 11.4 Å². The van der Waals surface area contributed by atoms with Crippen molar-refractivity contribution in [1.29, 1.82) is 0 Å². The zero-order valence-electron chi connectivity index (χ0n) is 11.4.